The van der Waals surface area contributed by atoms with Crippen LogP contribution in [0.15, 0.2) is 35.4 Å². The Morgan fingerprint density at radius 1 is 1.29 bits per heavy atom. The zero-order valence-corrected chi connectivity index (χ0v) is 11.1. The lowest BCUT2D eigenvalue weighted by Gasteiger charge is -2.08. The van der Waals surface area contributed by atoms with E-state index in [0.717, 1.165) is 5.56 Å². The van der Waals surface area contributed by atoms with E-state index < -0.39 is 5.97 Å². The largest absolute Gasteiger partial charge is 0.478 e. The van der Waals surface area contributed by atoms with Gasteiger partial charge in [-0.15, -0.1) is 10.2 Å². The van der Waals surface area contributed by atoms with Crippen molar-refractivity contribution >= 4 is 11.7 Å². The van der Waals surface area contributed by atoms with Crippen molar-refractivity contribution in [3.63, 3.8) is 0 Å². The molecule has 3 rings (SSSR count). The van der Waals surface area contributed by atoms with Crippen LogP contribution in [-0.2, 0) is 6.54 Å². The number of nitrogens with zero attached hydrogens (tertiary/aromatic N) is 5. The fraction of sp³-hybridized carbons (Fsp3) is 0.154. The van der Waals surface area contributed by atoms with Crippen molar-refractivity contribution in [2.75, 3.05) is 0 Å². The molecule has 0 fully saturated rings. The van der Waals surface area contributed by atoms with Crippen LogP contribution in [0.3, 0.4) is 0 Å². The molecular weight excluding hydrogens is 274 g/mol. The van der Waals surface area contributed by atoms with E-state index in [1.807, 2.05) is 0 Å². The van der Waals surface area contributed by atoms with Gasteiger partial charge in [0.25, 0.3) is 11.3 Å². The van der Waals surface area contributed by atoms with E-state index in [0.29, 0.717) is 11.5 Å². The van der Waals surface area contributed by atoms with E-state index in [4.69, 9.17) is 5.11 Å². The van der Waals surface area contributed by atoms with Crippen molar-refractivity contribution in [1.82, 2.24) is 24.4 Å². The van der Waals surface area contributed by atoms with E-state index in [9.17, 15) is 9.59 Å². The fourth-order valence-electron chi connectivity index (χ4n) is 2.04. The van der Waals surface area contributed by atoms with Gasteiger partial charge in [0.15, 0.2) is 0 Å². The van der Waals surface area contributed by atoms with Crippen molar-refractivity contribution in [2.24, 2.45) is 0 Å². The minimum Gasteiger partial charge on any atom is -0.478 e. The summed E-state index contributed by atoms with van der Waals surface area (Å²) >= 11 is 0. The third-order valence-corrected chi connectivity index (χ3v) is 3.11. The van der Waals surface area contributed by atoms with Crippen LogP contribution < -0.4 is 5.56 Å². The van der Waals surface area contributed by atoms with Gasteiger partial charge in [-0.05, 0) is 24.6 Å². The Balaban J connectivity index is 2.05. The molecule has 0 aliphatic heterocycles. The van der Waals surface area contributed by atoms with Crippen LogP contribution in [0.5, 0.6) is 0 Å². The van der Waals surface area contributed by atoms with Gasteiger partial charge in [0.1, 0.15) is 12.0 Å². The first kappa shape index (κ1) is 13.0. The van der Waals surface area contributed by atoms with Gasteiger partial charge in [0, 0.05) is 0 Å². The maximum absolute atomic E-state index is 12.2. The van der Waals surface area contributed by atoms with Crippen LogP contribution in [0.25, 0.3) is 5.78 Å². The highest BCUT2D eigenvalue weighted by molar-refractivity contribution is 5.87. The van der Waals surface area contributed by atoms with Gasteiger partial charge >= 0.3 is 5.97 Å². The van der Waals surface area contributed by atoms with Crippen LogP contribution in [0, 0.1) is 6.92 Å². The Kier molecular flexibility index (Phi) is 2.98. The minimum absolute atomic E-state index is 0.199. The Hall–Kier alpha value is -3.03. The summed E-state index contributed by atoms with van der Waals surface area (Å²) in [6, 6.07) is 6.33. The summed E-state index contributed by atoms with van der Waals surface area (Å²) in [5, 5.41) is 20.5. The summed E-state index contributed by atoms with van der Waals surface area (Å²) in [5.74, 6) is -0.647. The highest BCUT2D eigenvalue weighted by atomic mass is 16.4. The van der Waals surface area contributed by atoms with E-state index in [2.05, 4.69) is 15.3 Å². The standard InChI is InChI=1S/C13H11N5O3/c1-8-11(19)17(13-15-14-7-18(13)16-8)6-9-2-4-10(5-3-9)12(20)21/h2-5,7H,6H2,1H3,(H,20,21). The summed E-state index contributed by atoms with van der Waals surface area (Å²) in [7, 11) is 0. The molecule has 0 amide bonds. The molecule has 3 aromatic rings. The summed E-state index contributed by atoms with van der Waals surface area (Å²) < 4.78 is 2.88. The highest BCUT2D eigenvalue weighted by Gasteiger charge is 2.11. The van der Waals surface area contributed by atoms with Gasteiger partial charge in [-0.1, -0.05) is 12.1 Å². The van der Waals surface area contributed by atoms with E-state index in [1.165, 1.54) is 27.5 Å². The molecule has 1 N–H and O–H groups in total. The first-order valence-electron chi connectivity index (χ1n) is 6.16. The number of benzene rings is 1. The quantitative estimate of drug-likeness (QED) is 0.744. The summed E-state index contributed by atoms with van der Waals surface area (Å²) in [6.45, 7) is 1.89. The Labute approximate surface area is 118 Å². The topological polar surface area (TPSA) is 102 Å². The normalized spacial score (nSPS) is 10.9. The van der Waals surface area contributed by atoms with Crippen molar-refractivity contribution < 1.29 is 9.90 Å². The number of rotatable bonds is 3. The van der Waals surface area contributed by atoms with Crippen molar-refractivity contribution in [3.05, 3.63) is 57.8 Å². The van der Waals surface area contributed by atoms with Crippen LogP contribution in [0.1, 0.15) is 21.6 Å². The van der Waals surface area contributed by atoms with Crippen LogP contribution in [0.4, 0.5) is 0 Å². The number of carbonyl (C=O) groups is 1. The third kappa shape index (κ3) is 2.27. The molecule has 0 spiro atoms. The summed E-state index contributed by atoms with van der Waals surface area (Å²) in [4.78, 5) is 23.0. The molecule has 0 unspecified atom stereocenters. The van der Waals surface area contributed by atoms with Crippen LogP contribution in [-0.4, -0.2) is 35.5 Å². The van der Waals surface area contributed by atoms with E-state index in [1.54, 1.807) is 19.1 Å². The molecule has 8 heteroatoms. The third-order valence-electron chi connectivity index (χ3n) is 3.11. The van der Waals surface area contributed by atoms with Crippen molar-refractivity contribution in [1.29, 1.82) is 0 Å². The zero-order valence-electron chi connectivity index (χ0n) is 11.1. The average Bonchev–Trinajstić information content (AvgIpc) is 2.92. The molecule has 21 heavy (non-hydrogen) atoms. The Morgan fingerprint density at radius 3 is 2.67 bits per heavy atom. The van der Waals surface area contributed by atoms with E-state index in [-0.39, 0.29) is 17.7 Å². The lowest BCUT2D eigenvalue weighted by Crippen LogP contribution is -2.27. The fourth-order valence-corrected chi connectivity index (χ4v) is 2.04. The molecule has 2 aromatic heterocycles. The van der Waals surface area contributed by atoms with Crippen molar-refractivity contribution in [3.8, 4) is 0 Å². The van der Waals surface area contributed by atoms with Crippen molar-refractivity contribution in [2.45, 2.75) is 13.5 Å². The first-order chi connectivity index (χ1) is 10.1. The predicted octanol–water partition coefficient (Wildman–Crippen LogP) is 0.341. The lowest BCUT2D eigenvalue weighted by molar-refractivity contribution is 0.0697. The number of aromatic nitrogens is 5. The molecule has 0 aliphatic carbocycles. The molecule has 0 saturated carbocycles. The number of carboxylic acids is 1. The second kappa shape index (κ2) is 4.82. The maximum atomic E-state index is 12.2. The maximum Gasteiger partial charge on any atom is 0.335 e. The van der Waals surface area contributed by atoms with Crippen LogP contribution in [0.2, 0.25) is 0 Å². The van der Waals surface area contributed by atoms with Gasteiger partial charge in [0.2, 0.25) is 0 Å². The molecule has 0 radical (unpaired) electrons. The smallest absolute Gasteiger partial charge is 0.335 e. The van der Waals surface area contributed by atoms with E-state index >= 15 is 0 Å². The first-order valence-corrected chi connectivity index (χ1v) is 6.16. The monoisotopic (exact) mass is 285 g/mol. The molecule has 0 bridgehead atoms. The molecular formula is C13H11N5O3. The molecule has 2 heterocycles. The van der Waals surface area contributed by atoms with Gasteiger partial charge in [0.05, 0.1) is 12.1 Å². The second-order valence-corrected chi connectivity index (χ2v) is 4.55. The summed E-state index contributed by atoms with van der Waals surface area (Å²) in [5.41, 5.74) is 1.07. The van der Waals surface area contributed by atoms with Gasteiger partial charge in [-0.25, -0.2) is 4.79 Å². The summed E-state index contributed by atoms with van der Waals surface area (Å²) in [6.07, 6.45) is 1.42. The number of fused-ring (bicyclic) bond motifs is 1. The van der Waals surface area contributed by atoms with Gasteiger partial charge in [-0.2, -0.15) is 9.61 Å². The second-order valence-electron chi connectivity index (χ2n) is 4.55. The number of aromatic carboxylic acids is 1. The van der Waals surface area contributed by atoms with Gasteiger partial charge < -0.3 is 5.11 Å². The average molecular weight is 285 g/mol. The molecule has 0 saturated heterocycles. The molecule has 106 valence electrons. The number of aryl methyl sites for hydroxylation is 1. The zero-order chi connectivity index (χ0) is 15.0. The molecule has 0 atom stereocenters. The number of carboxylic acid groups (broad SMARTS) is 1. The number of hydrogen-bond donors (Lipinski definition) is 1. The lowest BCUT2D eigenvalue weighted by atomic mass is 10.1. The van der Waals surface area contributed by atoms with Crippen LogP contribution >= 0.6 is 0 Å². The van der Waals surface area contributed by atoms with Gasteiger partial charge in [-0.3, -0.25) is 9.36 Å². The SMILES string of the molecule is Cc1nn2cnnc2n(Cc2ccc(C(=O)O)cc2)c1=O. The predicted molar refractivity (Wildman–Crippen MR) is 72.3 cm³/mol. The molecule has 8 nitrogen and oxygen atoms in total. The molecule has 0 aliphatic rings. The highest BCUT2D eigenvalue weighted by Crippen LogP contribution is 2.07. The molecule has 1 aromatic carbocycles. The number of hydrogen-bond acceptors (Lipinski definition) is 5. The minimum atomic E-state index is -0.988. The Morgan fingerprint density at radius 2 is 2.00 bits per heavy atom. The Bertz CT molecular complexity index is 879.